The highest BCUT2D eigenvalue weighted by molar-refractivity contribution is 7.09. The van der Waals surface area contributed by atoms with E-state index in [1.807, 2.05) is 31.4 Å². The maximum absolute atomic E-state index is 12.7. The smallest absolute Gasteiger partial charge is 0.342 e. The molecule has 0 saturated carbocycles. The van der Waals surface area contributed by atoms with Crippen LogP contribution < -0.4 is 0 Å². The number of nitrogens with zero attached hydrogens (tertiary/aromatic N) is 1. The van der Waals surface area contributed by atoms with E-state index in [4.69, 9.17) is 4.74 Å². The van der Waals surface area contributed by atoms with E-state index in [2.05, 4.69) is 18.8 Å². The van der Waals surface area contributed by atoms with Gasteiger partial charge in [0.05, 0.1) is 29.0 Å². The lowest BCUT2D eigenvalue weighted by Gasteiger charge is -2.27. The molecule has 4 N–H and O–H groups in total. The molecule has 3 rings (SSSR count). The van der Waals surface area contributed by atoms with Crippen molar-refractivity contribution in [1.29, 1.82) is 0 Å². The molecule has 0 fully saturated rings. The number of aromatic nitrogens is 1. The number of carbonyl (C=O) groups is 1. The van der Waals surface area contributed by atoms with E-state index in [9.17, 15) is 25.2 Å². The number of cyclic esters (lactones) is 1. The zero-order chi connectivity index (χ0) is 26.4. The third-order valence-electron chi connectivity index (χ3n) is 7.12. The monoisotopic (exact) mass is 517 g/mol. The van der Waals surface area contributed by atoms with Crippen LogP contribution in [0.4, 0.5) is 0 Å². The molecule has 1 aliphatic rings. The number of hydrogen-bond acceptors (Lipinski definition) is 8. The molecule has 6 atom stereocenters. The van der Waals surface area contributed by atoms with Crippen molar-refractivity contribution in [1.82, 2.24) is 4.98 Å². The van der Waals surface area contributed by atoms with Gasteiger partial charge in [0.15, 0.2) is 0 Å². The second kappa shape index (κ2) is 12.8. The quantitative estimate of drug-likeness (QED) is 0.310. The lowest BCUT2D eigenvalue weighted by molar-refractivity contribution is 0.0145. The molecule has 0 radical (unpaired) electrons. The maximum Gasteiger partial charge on any atom is 0.342 e. The van der Waals surface area contributed by atoms with Crippen molar-refractivity contribution in [3.05, 3.63) is 51.0 Å². The van der Waals surface area contributed by atoms with Gasteiger partial charge in [-0.3, -0.25) is 0 Å². The van der Waals surface area contributed by atoms with Gasteiger partial charge in [-0.1, -0.05) is 52.3 Å². The molecule has 2 heterocycles. The van der Waals surface area contributed by atoms with Crippen LogP contribution in [0.5, 0.6) is 5.75 Å². The molecule has 36 heavy (non-hydrogen) atoms. The minimum absolute atomic E-state index is 0.0137. The number of fused-ring (bicyclic) bond motifs is 1. The summed E-state index contributed by atoms with van der Waals surface area (Å²) < 4.78 is 5.55. The number of carbonyl (C=O) groups excluding carboxylic acids is 1. The fourth-order valence-corrected chi connectivity index (χ4v) is 5.25. The fourth-order valence-electron chi connectivity index (χ4n) is 4.43. The van der Waals surface area contributed by atoms with E-state index < -0.39 is 30.4 Å². The molecule has 0 unspecified atom stereocenters. The molecule has 1 aromatic heterocycles. The van der Waals surface area contributed by atoms with Gasteiger partial charge in [0, 0.05) is 30.6 Å². The molecule has 1 aromatic carbocycles. The van der Waals surface area contributed by atoms with Crippen molar-refractivity contribution in [3.8, 4) is 5.75 Å². The SMILES string of the molecule is CC[C@H](C)Cc1ccc2c(c1O)C(=O)O[C@H](C[C@@H](O)/C=C/c1csc(C[C@H](O)[C@H](C)[C@H](O)CC)n1)C2. The van der Waals surface area contributed by atoms with Crippen LogP contribution in [0.2, 0.25) is 0 Å². The first-order valence-corrected chi connectivity index (χ1v) is 13.7. The lowest BCUT2D eigenvalue weighted by atomic mass is 9.90. The van der Waals surface area contributed by atoms with Crippen molar-refractivity contribution in [2.45, 2.75) is 90.6 Å². The van der Waals surface area contributed by atoms with E-state index in [1.54, 1.807) is 12.2 Å². The predicted octanol–water partition coefficient (Wildman–Crippen LogP) is 4.29. The van der Waals surface area contributed by atoms with E-state index in [-0.39, 0.29) is 23.7 Å². The minimum atomic E-state index is -0.835. The van der Waals surface area contributed by atoms with Gasteiger partial charge >= 0.3 is 5.97 Å². The Kier molecular flexibility index (Phi) is 10.1. The van der Waals surface area contributed by atoms with Gasteiger partial charge in [-0.05, 0) is 36.0 Å². The number of thiazole rings is 1. The Bertz CT molecular complexity index is 1050. The molecule has 0 saturated heterocycles. The van der Waals surface area contributed by atoms with E-state index >= 15 is 0 Å². The van der Waals surface area contributed by atoms with Gasteiger partial charge in [0.1, 0.15) is 17.4 Å². The Morgan fingerprint density at radius 1 is 1.14 bits per heavy atom. The minimum Gasteiger partial charge on any atom is -0.507 e. The molecule has 0 amide bonds. The number of benzene rings is 1. The highest BCUT2D eigenvalue weighted by atomic mass is 32.1. The standard InChI is InChI=1S/C28H39NO6S/c1-5-16(3)11-19-8-7-18-12-22(35-28(34)26(18)27(19)33)13-21(30)10-9-20-15-36-25(29-20)14-24(32)17(4)23(31)6-2/h7-10,15-17,21-24,30-33H,5-6,11-14H2,1-4H3/b10-9+/t16-,17+,21-,22-,23+,24-/m0/s1. The molecule has 1 aliphatic heterocycles. The Labute approximate surface area is 217 Å². The number of aliphatic hydroxyl groups excluding tert-OH is 3. The molecule has 0 spiro atoms. The normalized spacial score (nSPS) is 20.0. The Morgan fingerprint density at radius 3 is 2.58 bits per heavy atom. The molecule has 2 aromatic rings. The summed E-state index contributed by atoms with van der Waals surface area (Å²) in [5.41, 5.74) is 2.42. The van der Waals surface area contributed by atoms with E-state index in [0.717, 1.165) is 22.6 Å². The second-order valence-electron chi connectivity index (χ2n) is 9.99. The third-order valence-corrected chi connectivity index (χ3v) is 8.01. The van der Waals surface area contributed by atoms with E-state index in [1.165, 1.54) is 11.3 Å². The summed E-state index contributed by atoms with van der Waals surface area (Å²) in [4.78, 5) is 17.1. The van der Waals surface area contributed by atoms with Gasteiger partial charge in [-0.2, -0.15) is 0 Å². The Hall–Kier alpha value is -2.26. The number of ether oxygens (including phenoxy) is 1. The van der Waals surface area contributed by atoms with Crippen LogP contribution in [-0.2, 0) is 24.0 Å². The van der Waals surface area contributed by atoms with Crippen LogP contribution in [-0.4, -0.2) is 55.8 Å². The van der Waals surface area contributed by atoms with Crippen LogP contribution in [0.15, 0.2) is 23.6 Å². The zero-order valence-corrected chi connectivity index (χ0v) is 22.4. The van der Waals surface area contributed by atoms with Gasteiger partial charge < -0.3 is 25.2 Å². The van der Waals surface area contributed by atoms with E-state index in [0.29, 0.717) is 37.3 Å². The molecule has 198 valence electrons. The number of esters is 1. The van der Waals surface area contributed by atoms with Crippen LogP contribution in [0.3, 0.4) is 0 Å². The average molecular weight is 518 g/mol. The maximum atomic E-state index is 12.7. The number of phenolic OH excluding ortho intramolecular Hbond substituents is 1. The number of aliphatic hydroxyl groups is 3. The van der Waals surface area contributed by atoms with Crippen molar-refractivity contribution in [3.63, 3.8) is 0 Å². The van der Waals surface area contributed by atoms with Crippen molar-refractivity contribution >= 4 is 23.4 Å². The predicted molar refractivity (Wildman–Crippen MR) is 141 cm³/mol. The van der Waals surface area contributed by atoms with Gasteiger partial charge in [-0.25, -0.2) is 9.78 Å². The summed E-state index contributed by atoms with van der Waals surface area (Å²) in [5.74, 6) is -0.373. The van der Waals surface area contributed by atoms with Crippen LogP contribution in [0.25, 0.3) is 6.08 Å². The summed E-state index contributed by atoms with van der Waals surface area (Å²) >= 11 is 1.42. The largest absolute Gasteiger partial charge is 0.507 e. The molecule has 8 heteroatoms. The molecule has 7 nitrogen and oxygen atoms in total. The van der Waals surface area contributed by atoms with Crippen molar-refractivity contribution in [2.75, 3.05) is 0 Å². The van der Waals surface area contributed by atoms with Crippen LogP contribution in [0.1, 0.15) is 79.1 Å². The zero-order valence-electron chi connectivity index (χ0n) is 21.6. The number of aromatic hydroxyl groups is 1. The topological polar surface area (TPSA) is 120 Å². The molecule has 0 bridgehead atoms. The first-order valence-electron chi connectivity index (χ1n) is 12.8. The number of phenols is 1. The summed E-state index contributed by atoms with van der Waals surface area (Å²) in [6.07, 6.45) is 4.09. The fraction of sp³-hybridized carbons (Fsp3) is 0.571. The highest BCUT2D eigenvalue weighted by Crippen LogP contribution is 2.34. The van der Waals surface area contributed by atoms with Crippen LogP contribution >= 0.6 is 11.3 Å². The van der Waals surface area contributed by atoms with Crippen LogP contribution in [0, 0.1) is 11.8 Å². The lowest BCUT2D eigenvalue weighted by Crippen LogP contribution is -2.30. The first kappa shape index (κ1) is 28.3. The summed E-state index contributed by atoms with van der Waals surface area (Å²) in [6, 6.07) is 3.76. The molecular weight excluding hydrogens is 478 g/mol. The number of hydrogen-bond donors (Lipinski definition) is 4. The molecule has 0 aliphatic carbocycles. The highest BCUT2D eigenvalue weighted by Gasteiger charge is 2.31. The van der Waals surface area contributed by atoms with Crippen molar-refractivity contribution in [2.24, 2.45) is 11.8 Å². The summed E-state index contributed by atoms with van der Waals surface area (Å²) in [6.45, 7) is 7.91. The van der Waals surface area contributed by atoms with Crippen molar-refractivity contribution < 1.29 is 30.0 Å². The molecular formula is C28H39NO6S. The van der Waals surface area contributed by atoms with Gasteiger partial charge in [0.2, 0.25) is 0 Å². The second-order valence-corrected chi connectivity index (χ2v) is 10.9. The Balaban J connectivity index is 1.57. The third kappa shape index (κ3) is 7.16. The average Bonchev–Trinajstić information content (AvgIpc) is 3.30. The van der Waals surface area contributed by atoms with Gasteiger partial charge in [0.25, 0.3) is 0 Å². The first-order chi connectivity index (χ1) is 17.1. The Morgan fingerprint density at radius 2 is 1.89 bits per heavy atom. The summed E-state index contributed by atoms with van der Waals surface area (Å²) in [7, 11) is 0. The number of rotatable bonds is 12. The van der Waals surface area contributed by atoms with Gasteiger partial charge in [-0.15, -0.1) is 11.3 Å². The summed E-state index contributed by atoms with van der Waals surface area (Å²) in [5, 5.41) is 44.1.